The average Bonchev–Trinajstić information content (AvgIpc) is 2.60. The van der Waals surface area contributed by atoms with Gasteiger partial charge in [0, 0.05) is 25.2 Å². The maximum absolute atomic E-state index is 12.7. The first-order valence-electron chi connectivity index (χ1n) is 7.14. The molecule has 1 atom stereocenters. The van der Waals surface area contributed by atoms with Gasteiger partial charge in [-0.2, -0.15) is 4.31 Å². The Morgan fingerprint density at radius 1 is 1.17 bits per heavy atom. The van der Waals surface area contributed by atoms with Crippen molar-refractivity contribution in [1.29, 1.82) is 0 Å². The van der Waals surface area contributed by atoms with E-state index >= 15 is 0 Å². The van der Waals surface area contributed by atoms with Gasteiger partial charge in [-0.15, -0.1) is 0 Å². The van der Waals surface area contributed by atoms with Crippen molar-refractivity contribution >= 4 is 15.7 Å². The van der Waals surface area contributed by atoms with Gasteiger partial charge in [-0.3, -0.25) is 10.1 Å². The fraction of sp³-hybridized carbons (Fsp3) is 0.250. The minimum Gasteiger partial charge on any atom is -0.497 e. The fourth-order valence-electron chi connectivity index (χ4n) is 2.23. The van der Waals surface area contributed by atoms with Crippen LogP contribution in [0.3, 0.4) is 0 Å². The number of hydrogen-bond acceptors (Lipinski definition) is 5. The van der Waals surface area contributed by atoms with Crippen molar-refractivity contribution < 1.29 is 18.1 Å². The second-order valence-corrected chi connectivity index (χ2v) is 7.22. The number of nitro benzene ring substituents is 1. The van der Waals surface area contributed by atoms with Gasteiger partial charge < -0.3 is 4.74 Å². The lowest BCUT2D eigenvalue weighted by Crippen LogP contribution is -2.29. The molecule has 0 N–H and O–H groups in total. The third-order valence-electron chi connectivity index (χ3n) is 3.85. The molecule has 128 valence electrons. The summed E-state index contributed by atoms with van der Waals surface area (Å²) in [6.07, 6.45) is 0. The molecule has 0 saturated carbocycles. The first kappa shape index (κ1) is 17.9. The molecule has 2 aromatic rings. The van der Waals surface area contributed by atoms with Gasteiger partial charge in [0.15, 0.2) is 0 Å². The molecule has 24 heavy (non-hydrogen) atoms. The highest BCUT2D eigenvalue weighted by Crippen LogP contribution is 2.28. The monoisotopic (exact) mass is 350 g/mol. The van der Waals surface area contributed by atoms with Crippen LogP contribution in [0.2, 0.25) is 0 Å². The Morgan fingerprint density at radius 3 is 2.33 bits per heavy atom. The maximum atomic E-state index is 12.7. The van der Waals surface area contributed by atoms with E-state index in [4.69, 9.17) is 4.74 Å². The highest BCUT2D eigenvalue weighted by Gasteiger charge is 2.27. The Balaban J connectivity index is 2.33. The SMILES string of the molecule is COc1ccc(S(=O)(=O)N(C)C(C)c2cccc([N+](=O)[O-])c2)cc1. The third kappa shape index (κ3) is 3.55. The molecule has 0 amide bonds. The number of nitro groups is 1. The van der Waals surface area contributed by atoms with Crippen LogP contribution in [0.1, 0.15) is 18.5 Å². The molecule has 0 aliphatic carbocycles. The van der Waals surface area contributed by atoms with E-state index in [-0.39, 0.29) is 10.6 Å². The van der Waals surface area contributed by atoms with Crippen LogP contribution in [-0.4, -0.2) is 31.8 Å². The fourth-order valence-corrected chi connectivity index (χ4v) is 3.58. The van der Waals surface area contributed by atoms with Crippen molar-refractivity contribution in [3.8, 4) is 5.75 Å². The second-order valence-electron chi connectivity index (χ2n) is 5.22. The van der Waals surface area contributed by atoms with Crippen LogP contribution in [0.25, 0.3) is 0 Å². The van der Waals surface area contributed by atoms with Crippen LogP contribution in [0, 0.1) is 10.1 Å². The number of rotatable bonds is 6. The molecule has 2 rings (SSSR count). The van der Waals surface area contributed by atoms with Gasteiger partial charge in [0.25, 0.3) is 5.69 Å². The molecule has 8 heteroatoms. The Bertz CT molecular complexity index is 834. The molecule has 0 aliphatic rings. The minimum absolute atomic E-state index is 0.0744. The molecule has 0 heterocycles. The van der Waals surface area contributed by atoms with Crippen LogP contribution in [0.5, 0.6) is 5.75 Å². The zero-order valence-electron chi connectivity index (χ0n) is 13.5. The predicted octanol–water partition coefficient (Wildman–Crippen LogP) is 2.99. The molecule has 0 aliphatic heterocycles. The molecule has 0 radical (unpaired) electrons. The number of benzene rings is 2. The first-order chi connectivity index (χ1) is 11.3. The molecule has 7 nitrogen and oxygen atoms in total. The largest absolute Gasteiger partial charge is 0.497 e. The quantitative estimate of drug-likeness (QED) is 0.590. The van der Waals surface area contributed by atoms with Crippen LogP contribution >= 0.6 is 0 Å². The molecule has 0 fully saturated rings. The Labute approximate surface area is 140 Å². The Morgan fingerprint density at radius 2 is 1.79 bits per heavy atom. The average molecular weight is 350 g/mol. The normalized spacial score (nSPS) is 12.8. The summed E-state index contributed by atoms with van der Waals surface area (Å²) in [5.74, 6) is 0.559. The number of nitrogens with zero attached hydrogens (tertiary/aromatic N) is 2. The van der Waals surface area contributed by atoms with Gasteiger partial charge in [-0.25, -0.2) is 8.42 Å². The molecular formula is C16H18N2O5S. The number of methoxy groups -OCH3 is 1. The molecule has 0 aromatic heterocycles. The summed E-state index contributed by atoms with van der Waals surface area (Å²) in [5.41, 5.74) is 0.471. The minimum atomic E-state index is -3.74. The first-order valence-corrected chi connectivity index (χ1v) is 8.58. The van der Waals surface area contributed by atoms with Crippen LogP contribution in [0.4, 0.5) is 5.69 Å². The summed E-state index contributed by atoms with van der Waals surface area (Å²) >= 11 is 0. The van der Waals surface area contributed by atoms with E-state index in [1.165, 1.54) is 48.8 Å². The van der Waals surface area contributed by atoms with E-state index in [0.717, 1.165) is 0 Å². The lowest BCUT2D eigenvalue weighted by molar-refractivity contribution is -0.384. The van der Waals surface area contributed by atoms with Crippen molar-refractivity contribution in [1.82, 2.24) is 4.31 Å². The lowest BCUT2D eigenvalue weighted by atomic mass is 10.1. The summed E-state index contributed by atoms with van der Waals surface area (Å²) in [5, 5.41) is 10.9. The van der Waals surface area contributed by atoms with Gasteiger partial charge >= 0.3 is 0 Å². The van der Waals surface area contributed by atoms with E-state index in [1.54, 1.807) is 25.1 Å². The van der Waals surface area contributed by atoms with Crippen molar-refractivity contribution in [2.75, 3.05) is 14.2 Å². The van der Waals surface area contributed by atoms with Crippen molar-refractivity contribution in [2.24, 2.45) is 0 Å². The van der Waals surface area contributed by atoms with Crippen LogP contribution < -0.4 is 4.74 Å². The summed E-state index contributed by atoms with van der Waals surface area (Å²) in [6, 6.07) is 11.5. The van der Waals surface area contributed by atoms with Crippen molar-refractivity contribution in [3.63, 3.8) is 0 Å². The summed E-state index contributed by atoms with van der Waals surface area (Å²) in [4.78, 5) is 10.5. The predicted molar refractivity (Wildman–Crippen MR) is 89.5 cm³/mol. The summed E-state index contributed by atoms with van der Waals surface area (Å²) < 4.78 is 31.6. The van der Waals surface area contributed by atoms with E-state index < -0.39 is 21.0 Å². The molecule has 0 bridgehead atoms. The number of hydrogen-bond donors (Lipinski definition) is 0. The molecule has 0 spiro atoms. The van der Waals surface area contributed by atoms with Crippen LogP contribution in [-0.2, 0) is 10.0 Å². The second kappa shape index (κ2) is 6.98. The third-order valence-corrected chi connectivity index (χ3v) is 5.79. The lowest BCUT2D eigenvalue weighted by Gasteiger charge is -2.24. The van der Waals surface area contributed by atoms with Gasteiger partial charge in [-0.1, -0.05) is 12.1 Å². The Hall–Kier alpha value is -2.45. The van der Waals surface area contributed by atoms with Gasteiger partial charge in [0.2, 0.25) is 10.0 Å². The van der Waals surface area contributed by atoms with E-state index in [2.05, 4.69) is 0 Å². The van der Waals surface area contributed by atoms with Crippen molar-refractivity contribution in [2.45, 2.75) is 17.9 Å². The molecule has 2 aromatic carbocycles. The smallest absolute Gasteiger partial charge is 0.269 e. The summed E-state index contributed by atoms with van der Waals surface area (Å²) in [7, 11) is -0.789. The van der Waals surface area contributed by atoms with Gasteiger partial charge in [0.1, 0.15) is 5.75 Å². The van der Waals surface area contributed by atoms with E-state index in [1.807, 2.05) is 0 Å². The number of sulfonamides is 1. The van der Waals surface area contributed by atoms with E-state index in [0.29, 0.717) is 11.3 Å². The summed E-state index contributed by atoms with van der Waals surface area (Å²) in [6.45, 7) is 1.68. The zero-order valence-corrected chi connectivity index (χ0v) is 14.4. The van der Waals surface area contributed by atoms with Gasteiger partial charge in [-0.05, 0) is 36.8 Å². The molecule has 0 saturated heterocycles. The molecular weight excluding hydrogens is 332 g/mol. The number of ether oxygens (including phenoxy) is 1. The Kier molecular flexibility index (Phi) is 5.20. The standard InChI is InChI=1S/C16H18N2O5S/c1-12(13-5-4-6-14(11-13)18(19)20)17(2)24(21,22)16-9-7-15(23-3)8-10-16/h4-12H,1-3H3. The van der Waals surface area contributed by atoms with Gasteiger partial charge in [0.05, 0.1) is 16.9 Å². The highest BCUT2D eigenvalue weighted by atomic mass is 32.2. The van der Waals surface area contributed by atoms with E-state index in [9.17, 15) is 18.5 Å². The van der Waals surface area contributed by atoms with Crippen LogP contribution in [0.15, 0.2) is 53.4 Å². The zero-order chi connectivity index (χ0) is 17.9. The highest BCUT2D eigenvalue weighted by molar-refractivity contribution is 7.89. The number of non-ortho nitro benzene ring substituents is 1. The molecule has 1 unspecified atom stereocenters. The van der Waals surface area contributed by atoms with Crippen molar-refractivity contribution in [3.05, 3.63) is 64.2 Å². The topological polar surface area (TPSA) is 89.8 Å². The maximum Gasteiger partial charge on any atom is 0.269 e.